The number of piperidine rings is 1. The molecule has 2 fully saturated rings. The molecule has 2 aliphatic rings. The number of hydrogen-bond donors (Lipinski definition) is 0. The van der Waals surface area contributed by atoms with Crippen LogP contribution in [-0.2, 0) is 9.53 Å². The number of morpholine rings is 1. The molecule has 0 spiro atoms. The molecule has 0 aliphatic carbocycles. The van der Waals surface area contributed by atoms with Gasteiger partial charge in [-0.05, 0) is 25.0 Å². The molecule has 9 nitrogen and oxygen atoms in total. The van der Waals surface area contributed by atoms with Gasteiger partial charge in [0.2, 0.25) is 5.91 Å². The van der Waals surface area contributed by atoms with E-state index >= 15 is 0 Å². The summed E-state index contributed by atoms with van der Waals surface area (Å²) >= 11 is 0. The smallest absolute Gasteiger partial charge is 0.227 e. The minimum absolute atomic E-state index is 0.0173. The van der Waals surface area contributed by atoms with E-state index in [0.717, 1.165) is 25.2 Å². The van der Waals surface area contributed by atoms with E-state index in [9.17, 15) is 4.79 Å². The lowest BCUT2D eigenvalue weighted by Crippen LogP contribution is -2.48. The zero-order valence-corrected chi connectivity index (χ0v) is 14.0. The summed E-state index contributed by atoms with van der Waals surface area (Å²) in [6, 6.07) is 3.79. The van der Waals surface area contributed by atoms with E-state index in [1.807, 2.05) is 17.0 Å². The van der Waals surface area contributed by atoms with Crippen molar-refractivity contribution >= 4 is 11.7 Å². The fourth-order valence-corrected chi connectivity index (χ4v) is 3.36. The van der Waals surface area contributed by atoms with Gasteiger partial charge in [0.05, 0.1) is 19.1 Å². The predicted octanol–water partition coefficient (Wildman–Crippen LogP) is 0.133. The molecule has 0 bridgehead atoms. The summed E-state index contributed by atoms with van der Waals surface area (Å²) in [5.74, 6) is 1.67. The third-order valence-corrected chi connectivity index (χ3v) is 4.71. The van der Waals surface area contributed by atoms with E-state index in [-0.39, 0.29) is 11.8 Å². The Balaban J connectivity index is 1.43. The zero-order valence-electron chi connectivity index (χ0n) is 14.0. The first kappa shape index (κ1) is 15.9. The van der Waals surface area contributed by atoms with Gasteiger partial charge in [-0.25, -0.2) is 9.67 Å². The molecule has 25 heavy (non-hydrogen) atoms. The highest BCUT2D eigenvalue weighted by molar-refractivity contribution is 5.79. The van der Waals surface area contributed by atoms with Gasteiger partial charge >= 0.3 is 0 Å². The molecule has 2 saturated heterocycles. The van der Waals surface area contributed by atoms with Crippen LogP contribution in [0.4, 0.5) is 5.82 Å². The summed E-state index contributed by atoms with van der Waals surface area (Å²) < 4.78 is 6.90. The van der Waals surface area contributed by atoms with E-state index in [0.29, 0.717) is 38.7 Å². The third-order valence-electron chi connectivity index (χ3n) is 4.71. The van der Waals surface area contributed by atoms with Gasteiger partial charge in [0, 0.05) is 26.2 Å². The number of carbonyl (C=O) groups excluding carboxylic acids is 1. The van der Waals surface area contributed by atoms with Crippen LogP contribution < -0.4 is 4.90 Å². The lowest BCUT2D eigenvalue weighted by Gasteiger charge is -2.36. The molecule has 0 radical (unpaired) electrons. The zero-order chi connectivity index (χ0) is 17.1. The predicted molar refractivity (Wildman–Crippen MR) is 89.3 cm³/mol. The second-order valence-electron chi connectivity index (χ2n) is 6.31. The van der Waals surface area contributed by atoms with Crippen LogP contribution in [0, 0.1) is 5.92 Å². The van der Waals surface area contributed by atoms with E-state index in [1.165, 1.54) is 6.33 Å². The molecule has 2 aromatic heterocycles. The van der Waals surface area contributed by atoms with Crippen molar-refractivity contribution in [3.05, 3.63) is 24.8 Å². The average Bonchev–Trinajstić information content (AvgIpc) is 3.23. The summed E-state index contributed by atoms with van der Waals surface area (Å²) in [4.78, 5) is 20.7. The second kappa shape index (κ2) is 7.14. The minimum atomic E-state index is 0.0173. The van der Waals surface area contributed by atoms with Crippen molar-refractivity contribution in [1.29, 1.82) is 0 Å². The van der Waals surface area contributed by atoms with E-state index < -0.39 is 0 Å². The molecular weight excluding hydrogens is 322 g/mol. The Morgan fingerprint density at radius 3 is 2.64 bits per heavy atom. The third kappa shape index (κ3) is 3.46. The summed E-state index contributed by atoms with van der Waals surface area (Å²) in [6.07, 6.45) is 4.95. The Labute approximate surface area is 145 Å². The first-order valence-corrected chi connectivity index (χ1v) is 8.61. The molecule has 0 saturated carbocycles. The van der Waals surface area contributed by atoms with Crippen molar-refractivity contribution in [3.8, 4) is 5.82 Å². The van der Waals surface area contributed by atoms with Crippen molar-refractivity contribution in [1.82, 2.24) is 29.9 Å². The molecule has 2 aliphatic heterocycles. The Morgan fingerprint density at radius 2 is 1.92 bits per heavy atom. The van der Waals surface area contributed by atoms with Gasteiger partial charge in [-0.1, -0.05) is 0 Å². The topological polar surface area (TPSA) is 89.3 Å². The lowest BCUT2D eigenvalue weighted by molar-refractivity contribution is -0.139. The van der Waals surface area contributed by atoms with Gasteiger partial charge in [0.1, 0.15) is 12.7 Å². The van der Waals surface area contributed by atoms with Crippen LogP contribution in [0.25, 0.3) is 5.82 Å². The quantitative estimate of drug-likeness (QED) is 0.783. The number of anilines is 1. The molecule has 0 N–H and O–H groups in total. The van der Waals surface area contributed by atoms with Crippen molar-refractivity contribution in [2.45, 2.75) is 12.8 Å². The monoisotopic (exact) mass is 343 g/mol. The average molecular weight is 343 g/mol. The minimum Gasteiger partial charge on any atom is -0.378 e. The van der Waals surface area contributed by atoms with Gasteiger partial charge in [0.15, 0.2) is 11.6 Å². The molecule has 9 heteroatoms. The van der Waals surface area contributed by atoms with E-state index in [2.05, 4.69) is 25.2 Å². The molecule has 2 aromatic rings. The number of rotatable bonds is 3. The highest BCUT2D eigenvalue weighted by atomic mass is 16.5. The van der Waals surface area contributed by atoms with Crippen LogP contribution in [0.15, 0.2) is 24.8 Å². The maximum absolute atomic E-state index is 12.7. The van der Waals surface area contributed by atoms with Crippen molar-refractivity contribution in [3.63, 3.8) is 0 Å². The van der Waals surface area contributed by atoms with Crippen LogP contribution in [0.2, 0.25) is 0 Å². The first-order valence-electron chi connectivity index (χ1n) is 8.61. The Bertz CT molecular complexity index is 698. The molecule has 1 atom stereocenters. The van der Waals surface area contributed by atoms with Gasteiger partial charge in [-0.15, -0.1) is 10.2 Å². The molecule has 1 amide bonds. The number of amides is 1. The summed E-state index contributed by atoms with van der Waals surface area (Å²) in [6.45, 7) is 4.25. The number of aromatic nitrogens is 5. The maximum atomic E-state index is 12.7. The van der Waals surface area contributed by atoms with Crippen molar-refractivity contribution < 1.29 is 9.53 Å². The second-order valence-corrected chi connectivity index (χ2v) is 6.31. The van der Waals surface area contributed by atoms with Crippen LogP contribution in [0.3, 0.4) is 0 Å². The Morgan fingerprint density at radius 1 is 1.12 bits per heavy atom. The largest absolute Gasteiger partial charge is 0.378 e. The molecule has 0 unspecified atom stereocenters. The van der Waals surface area contributed by atoms with Crippen LogP contribution in [-0.4, -0.2) is 75.2 Å². The molecule has 4 rings (SSSR count). The highest BCUT2D eigenvalue weighted by Gasteiger charge is 2.30. The first-order chi connectivity index (χ1) is 12.3. The fourth-order valence-electron chi connectivity index (χ4n) is 3.36. The van der Waals surface area contributed by atoms with Crippen LogP contribution >= 0.6 is 0 Å². The van der Waals surface area contributed by atoms with Gasteiger partial charge in [-0.3, -0.25) is 4.79 Å². The van der Waals surface area contributed by atoms with Crippen LogP contribution in [0.1, 0.15) is 12.8 Å². The maximum Gasteiger partial charge on any atom is 0.227 e. The number of carbonyl (C=O) groups is 1. The molecule has 4 heterocycles. The fraction of sp³-hybridized carbons (Fsp3) is 0.562. The molecule has 132 valence electrons. The number of nitrogens with zero attached hydrogens (tertiary/aromatic N) is 7. The van der Waals surface area contributed by atoms with Crippen molar-refractivity contribution in [2.75, 3.05) is 44.3 Å². The lowest BCUT2D eigenvalue weighted by atomic mass is 9.96. The standard InChI is InChI=1S/C16H21N7O2/c24-16(21-6-8-25-9-7-21)13-2-1-5-22(10-13)14-3-4-15(20-19-14)23-12-17-11-18-23/h3-4,11-13H,1-2,5-10H2/t13-/m0/s1. The van der Waals surface area contributed by atoms with Gasteiger partial charge in [-0.2, -0.15) is 5.10 Å². The number of hydrogen-bond acceptors (Lipinski definition) is 7. The summed E-state index contributed by atoms with van der Waals surface area (Å²) in [7, 11) is 0. The van der Waals surface area contributed by atoms with E-state index in [1.54, 1.807) is 11.0 Å². The van der Waals surface area contributed by atoms with Gasteiger partial charge < -0.3 is 14.5 Å². The normalized spacial score (nSPS) is 21.4. The van der Waals surface area contributed by atoms with Gasteiger partial charge in [0.25, 0.3) is 0 Å². The SMILES string of the molecule is O=C([C@H]1CCCN(c2ccc(-n3cncn3)nn2)C1)N1CCOCC1. The Kier molecular flexibility index (Phi) is 4.55. The highest BCUT2D eigenvalue weighted by Crippen LogP contribution is 2.23. The summed E-state index contributed by atoms with van der Waals surface area (Å²) in [5.41, 5.74) is 0. The molecule has 0 aromatic carbocycles. The van der Waals surface area contributed by atoms with Crippen molar-refractivity contribution in [2.24, 2.45) is 5.92 Å². The number of ether oxygens (including phenoxy) is 1. The summed E-state index contributed by atoms with van der Waals surface area (Å²) in [5, 5.41) is 12.6. The Hall–Kier alpha value is -2.55. The van der Waals surface area contributed by atoms with Crippen LogP contribution in [0.5, 0.6) is 0 Å². The molecular formula is C16H21N7O2. The van der Waals surface area contributed by atoms with E-state index in [4.69, 9.17) is 4.74 Å².